The molecule has 24 heavy (non-hydrogen) atoms. The number of amides is 1. The summed E-state index contributed by atoms with van der Waals surface area (Å²) in [5, 5.41) is 12.6. The van der Waals surface area contributed by atoms with E-state index in [0.717, 1.165) is 34.7 Å². The number of thioether (sulfide) groups is 2. The molecule has 0 radical (unpaired) electrons. The minimum Gasteiger partial charge on any atom is -0.360 e. The Bertz CT molecular complexity index is 706. The molecule has 1 aromatic heterocycles. The Kier molecular flexibility index (Phi) is 6.02. The second-order valence-corrected chi connectivity index (χ2v) is 9.10. The van der Waals surface area contributed by atoms with Crippen LogP contribution in [0.2, 0.25) is 0 Å². The second kappa shape index (κ2) is 8.22. The fraction of sp³-hybridized carbons (Fsp3) is 0.438. The molecule has 2 heterocycles. The van der Waals surface area contributed by atoms with Crippen molar-refractivity contribution in [3.63, 3.8) is 0 Å². The lowest BCUT2D eigenvalue weighted by Crippen LogP contribution is -2.33. The summed E-state index contributed by atoms with van der Waals surface area (Å²) in [5.74, 6) is 0.510. The first-order valence-corrected chi connectivity index (χ1v) is 10.6. The topological polar surface area (TPSA) is 58.1 Å². The number of benzene rings is 1. The lowest BCUT2D eigenvalue weighted by molar-refractivity contribution is -0.116. The number of fused-ring (bicyclic) bond motifs is 1. The highest BCUT2D eigenvalue weighted by atomic mass is 32.2. The molecule has 0 bridgehead atoms. The van der Waals surface area contributed by atoms with Gasteiger partial charge in [0.15, 0.2) is 4.34 Å². The molecule has 1 aliphatic rings. The van der Waals surface area contributed by atoms with Gasteiger partial charge in [-0.3, -0.25) is 4.79 Å². The van der Waals surface area contributed by atoms with Crippen LogP contribution in [0.3, 0.4) is 0 Å². The van der Waals surface area contributed by atoms with E-state index in [2.05, 4.69) is 28.5 Å². The summed E-state index contributed by atoms with van der Waals surface area (Å²) in [6, 6.07) is 8.17. The van der Waals surface area contributed by atoms with Gasteiger partial charge in [0.1, 0.15) is 0 Å². The number of nitrogens with zero attached hydrogens (tertiary/aromatic N) is 3. The molecule has 1 amide bonds. The normalized spacial score (nSPS) is 17.2. The highest BCUT2D eigenvalue weighted by Crippen LogP contribution is 2.37. The number of rotatable bonds is 5. The van der Waals surface area contributed by atoms with Crippen LogP contribution >= 0.6 is 34.9 Å². The summed E-state index contributed by atoms with van der Waals surface area (Å²) in [6.07, 6.45) is 0.999. The zero-order chi connectivity index (χ0) is 16.9. The van der Waals surface area contributed by atoms with E-state index in [1.165, 1.54) is 28.0 Å². The van der Waals surface area contributed by atoms with Crippen LogP contribution in [0.4, 0.5) is 10.8 Å². The number of anilines is 2. The summed E-state index contributed by atoms with van der Waals surface area (Å²) in [4.78, 5) is 15.9. The van der Waals surface area contributed by atoms with Gasteiger partial charge in [-0.2, -0.15) is 0 Å². The Labute approximate surface area is 154 Å². The zero-order valence-electron chi connectivity index (χ0n) is 13.7. The summed E-state index contributed by atoms with van der Waals surface area (Å²) in [7, 11) is 0. The lowest BCUT2D eigenvalue weighted by Gasteiger charge is -2.22. The van der Waals surface area contributed by atoms with Gasteiger partial charge in [0.05, 0.1) is 11.4 Å². The van der Waals surface area contributed by atoms with Crippen molar-refractivity contribution in [2.45, 2.75) is 34.8 Å². The first-order valence-electron chi connectivity index (χ1n) is 7.93. The number of para-hydroxylation sites is 1. The standard InChI is InChI=1S/C16H20N4OS3/c1-3-17-15-18-19-16(24-15)22-10-14(21)20-9-8-11(2)23-13-7-5-4-6-12(13)20/h4-7,11H,3,8-10H2,1-2H3,(H,17,18)/t11-/m0/s1. The fourth-order valence-electron chi connectivity index (χ4n) is 2.44. The maximum atomic E-state index is 12.8. The van der Waals surface area contributed by atoms with Gasteiger partial charge in [0, 0.05) is 23.2 Å². The molecule has 8 heteroatoms. The van der Waals surface area contributed by atoms with Crippen molar-refractivity contribution in [1.29, 1.82) is 0 Å². The number of hydrogen-bond acceptors (Lipinski definition) is 7. The van der Waals surface area contributed by atoms with Crippen LogP contribution < -0.4 is 10.2 Å². The molecule has 0 saturated heterocycles. The third kappa shape index (κ3) is 4.23. The molecule has 0 unspecified atom stereocenters. The van der Waals surface area contributed by atoms with Crippen LogP contribution in [0.5, 0.6) is 0 Å². The smallest absolute Gasteiger partial charge is 0.237 e. The molecule has 128 valence electrons. The lowest BCUT2D eigenvalue weighted by atomic mass is 10.2. The van der Waals surface area contributed by atoms with E-state index in [1.807, 2.05) is 41.8 Å². The number of nitrogens with one attached hydrogen (secondary N) is 1. The maximum absolute atomic E-state index is 12.8. The van der Waals surface area contributed by atoms with Crippen LogP contribution in [-0.2, 0) is 4.79 Å². The third-order valence-corrected chi connectivity index (χ3v) is 6.83. The summed E-state index contributed by atoms with van der Waals surface area (Å²) in [6.45, 7) is 5.82. The number of hydrogen-bond donors (Lipinski definition) is 1. The van der Waals surface area contributed by atoms with Crippen LogP contribution in [-0.4, -0.2) is 40.2 Å². The van der Waals surface area contributed by atoms with E-state index < -0.39 is 0 Å². The van der Waals surface area contributed by atoms with E-state index in [4.69, 9.17) is 0 Å². The Morgan fingerprint density at radius 3 is 3.08 bits per heavy atom. The van der Waals surface area contributed by atoms with Crippen molar-refractivity contribution in [2.75, 3.05) is 29.1 Å². The highest BCUT2D eigenvalue weighted by molar-refractivity contribution is 8.01. The molecule has 0 aliphatic carbocycles. The van der Waals surface area contributed by atoms with Crippen LogP contribution in [0, 0.1) is 0 Å². The van der Waals surface area contributed by atoms with Gasteiger partial charge >= 0.3 is 0 Å². The van der Waals surface area contributed by atoms with Gasteiger partial charge in [0.25, 0.3) is 0 Å². The van der Waals surface area contributed by atoms with Crippen molar-refractivity contribution < 1.29 is 4.79 Å². The largest absolute Gasteiger partial charge is 0.360 e. The minimum atomic E-state index is 0.127. The molecule has 3 rings (SSSR count). The number of aromatic nitrogens is 2. The van der Waals surface area contributed by atoms with Crippen LogP contribution in [0.25, 0.3) is 0 Å². The van der Waals surface area contributed by atoms with Crippen molar-refractivity contribution in [3.05, 3.63) is 24.3 Å². The molecule has 2 aromatic rings. The van der Waals surface area contributed by atoms with E-state index in [0.29, 0.717) is 11.0 Å². The van der Waals surface area contributed by atoms with E-state index in [1.54, 1.807) is 0 Å². The van der Waals surface area contributed by atoms with Crippen LogP contribution in [0.15, 0.2) is 33.5 Å². The average molecular weight is 381 g/mol. The maximum Gasteiger partial charge on any atom is 0.237 e. The molecular formula is C16H20N4OS3. The first-order chi connectivity index (χ1) is 11.7. The predicted octanol–water partition coefficient (Wildman–Crippen LogP) is 3.98. The molecule has 1 aliphatic heterocycles. The van der Waals surface area contributed by atoms with Gasteiger partial charge in [-0.25, -0.2) is 0 Å². The van der Waals surface area contributed by atoms with Crippen molar-refractivity contribution in [3.8, 4) is 0 Å². The van der Waals surface area contributed by atoms with E-state index in [-0.39, 0.29) is 5.91 Å². The molecule has 0 saturated carbocycles. The highest BCUT2D eigenvalue weighted by Gasteiger charge is 2.24. The molecule has 1 atom stereocenters. The van der Waals surface area contributed by atoms with Gasteiger partial charge in [-0.15, -0.1) is 22.0 Å². The number of carbonyl (C=O) groups is 1. The van der Waals surface area contributed by atoms with Gasteiger partial charge in [0.2, 0.25) is 11.0 Å². The molecule has 1 aromatic carbocycles. The first kappa shape index (κ1) is 17.6. The Balaban J connectivity index is 1.67. The van der Waals surface area contributed by atoms with Gasteiger partial charge < -0.3 is 10.2 Å². The molecule has 5 nitrogen and oxygen atoms in total. The van der Waals surface area contributed by atoms with Gasteiger partial charge in [-0.05, 0) is 25.5 Å². The SMILES string of the molecule is CCNc1nnc(SCC(=O)N2CC[C@H](C)Sc3ccccc32)s1. The van der Waals surface area contributed by atoms with Crippen LogP contribution in [0.1, 0.15) is 20.3 Å². The Morgan fingerprint density at radius 2 is 2.25 bits per heavy atom. The number of carbonyl (C=O) groups excluding carboxylic acids is 1. The Morgan fingerprint density at radius 1 is 1.42 bits per heavy atom. The molecule has 0 fully saturated rings. The van der Waals surface area contributed by atoms with Crippen molar-refractivity contribution in [1.82, 2.24) is 10.2 Å². The molecule has 1 N–H and O–H groups in total. The minimum absolute atomic E-state index is 0.127. The molecular weight excluding hydrogens is 360 g/mol. The predicted molar refractivity (Wildman–Crippen MR) is 104 cm³/mol. The van der Waals surface area contributed by atoms with Gasteiger partial charge in [-0.1, -0.05) is 42.2 Å². The quantitative estimate of drug-likeness (QED) is 0.792. The fourth-order valence-corrected chi connectivity index (χ4v) is 5.25. The molecule has 0 spiro atoms. The Hall–Kier alpha value is -1.25. The van der Waals surface area contributed by atoms with E-state index >= 15 is 0 Å². The monoisotopic (exact) mass is 380 g/mol. The second-order valence-electron chi connectivity index (χ2n) is 5.42. The van der Waals surface area contributed by atoms with Crippen molar-refractivity contribution in [2.24, 2.45) is 0 Å². The average Bonchev–Trinajstić information content (AvgIpc) is 2.94. The summed E-state index contributed by atoms with van der Waals surface area (Å²) in [5.41, 5.74) is 1.03. The summed E-state index contributed by atoms with van der Waals surface area (Å²) < 4.78 is 0.824. The van der Waals surface area contributed by atoms with Crippen molar-refractivity contribution >= 4 is 51.6 Å². The summed E-state index contributed by atoms with van der Waals surface area (Å²) >= 11 is 4.80. The third-order valence-electron chi connectivity index (χ3n) is 3.60. The van der Waals surface area contributed by atoms with E-state index in [9.17, 15) is 4.79 Å². The zero-order valence-corrected chi connectivity index (χ0v) is 16.1.